The average Bonchev–Trinajstić information content (AvgIpc) is 2.56. The molecule has 0 aliphatic rings. The first-order chi connectivity index (χ1) is 11.8. The molecule has 2 aromatic carbocycles. The van der Waals surface area contributed by atoms with Gasteiger partial charge in [-0.05, 0) is 38.1 Å². The van der Waals surface area contributed by atoms with E-state index >= 15 is 0 Å². The summed E-state index contributed by atoms with van der Waals surface area (Å²) in [6, 6.07) is 9.37. The average molecular weight is 342 g/mol. The van der Waals surface area contributed by atoms with Crippen molar-refractivity contribution >= 4 is 23.1 Å². The second-order valence-corrected chi connectivity index (χ2v) is 5.51. The van der Waals surface area contributed by atoms with E-state index in [1.807, 2.05) is 0 Å². The zero-order chi connectivity index (χ0) is 18.6. The molecule has 0 saturated carbocycles. The minimum absolute atomic E-state index is 0.0214. The summed E-state index contributed by atoms with van der Waals surface area (Å²) in [5, 5.41) is 13.7. The molecule has 0 aliphatic heterocycles. The third-order valence-electron chi connectivity index (χ3n) is 3.81. The van der Waals surface area contributed by atoms with E-state index in [0.717, 1.165) is 0 Å². The van der Waals surface area contributed by atoms with Crippen LogP contribution in [0.2, 0.25) is 0 Å². The monoisotopic (exact) mass is 342 g/mol. The maximum Gasteiger partial charge on any atom is 0.274 e. The van der Waals surface area contributed by atoms with Crippen molar-refractivity contribution in [1.29, 1.82) is 0 Å². The van der Waals surface area contributed by atoms with E-state index in [-0.39, 0.29) is 23.8 Å². The highest BCUT2D eigenvalue weighted by Crippen LogP contribution is 2.26. The Hall–Kier alpha value is -3.22. The predicted octanol–water partition coefficient (Wildman–Crippen LogP) is 3.30. The van der Waals surface area contributed by atoms with Crippen molar-refractivity contribution in [3.05, 3.63) is 63.2 Å². The normalized spacial score (nSPS) is 10.2. The molecule has 0 fully saturated rings. The summed E-state index contributed by atoms with van der Waals surface area (Å²) in [6.07, 6.45) is -0.0214. The van der Waals surface area contributed by atoms with Crippen molar-refractivity contribution in [1.82, 2.24) is 0 Å². The van der Waals surface area contributed by atoms with Gasteiger partial charge in [-0.1, -0.05) is 6.07 Å². The number of hydrogen-bond donors (Lipinski definition) is 1. The summed E-state index contributed by atoms with van der Waals surface area (Å²) in [7, 11) is 1.48. The maximum absolute atomic E-state index is 12.3. The quantitative estimate of drug-likeness (QED) is 0.493. The first-order valence-electron chi connectivity index (χ1n) is 7.55. The van der Waals surface area contributed by atoms with E-state index in [0.29, 0.717) is 28.1 Å². The number of carbonyl (C=O) groups excluding carboxylic acids is 2. The number of ether oxygens (including phenoxy) is 1. The topological polar surface area (TPSA) is 98.5 Å². The molecule has 0 aromatic heterocycles. The number of amides is 1. The Morgan fingerprint density at radius 3 is 2.56 bits per heavy atom. The van der Waals surface area contributed by atoms with Crippen molar-refractivity contribution in [2.24, 2.45) is 0 Å². The number of methoxy groups -OCH3 is 1. The first kappa shape index (κ1) is 18.1. The van der Waals surface area contributed by atoms with Crippen LogP contribution in [-0.4, -0.2) is 23.7 Å². The van der Waals surface area contributed by atoms with Crippen molar-refractivity contribution in [2.75, 3.05) is 12.4 Å². The molecular weight excluding hydrogens is 324 g/mol. The van der Waals surface area contributed by atoms with Crippen LogP contribution in [0.4, 0.5) is 11.4 Å². The second kappa shape index (κ2) is 7.57. The summed E-state index contributed by atoms with van der Waals surface area (Å²) in [6.45, 7) is 3.02. The number of nitro groups is 1. The van der Waals surface area contributed by atoms with Crippen LogP contribution in [0.15, 0.2) is 36.4 Å². The highest BCUT2D eigenvalue weighted by Gasteiger charge is 2.16. The van der Waals surface area contributed by atoms with Gasteiger partial charge in [0.2, 0.25) is 5.91 Å². The molecule has 7 heteroatoms. The molecular formula is C18H18N2O5. The Morgan fingerprint density at radius 1 is 1.24 bits per heavy atom. The highest BCUT2D eigenvalue weighted by atomic mass is 16.6. The molecule has 0 bridgehead atoms. The lowest BCUT2D eigenvalue weighted by Gasteiger charge is -2.11. The zero-order valence-corrected chi connectivity index (χ0v) is 14.2. The van der Waals surface area contributed by atoms with Gasteiger partial charge in [0.25, 0.3) is 5.69 Å². The fraction of sp³-hybridized carbons (Fsp3) is 0.222. The Labute approximate surface area is 144 Å². The molecule has 0 spiro atoms. The van der Waals surface area contributed by atoms with Gasteiger partial charge in [0.15, 0.2) is 5.78 Å². The van der Waals surface area contributed by atoms with Crippen LogP contribution in [0.3, 0.4) is 0 Å². The standard InChI is InChI=1S/C18H18N2O5/c1-11-15(5-4-6-16(11)20(23)24)19-18(22)10-14-9-13(12(2)21)7-8-17(14)25-3/h4-9H,10H2,1-3H3,(H,19,22). The van der Waals surface area contributed by atoms with Crippen molar-refractivity contribution in [3.8, 4) is 5.75 Å². The molecule has 130 valence electrons. The van der Waals surface area contributed by atoms with Gasteiger partial charge in [-0.2, -0.15) is 0 Å². The van der Waals surface area contributed by atoms with Crippen molar-refractivity contribution in [3.63, 3.8) is 0 Å². The molecule has 1 N–H and O–H groups in total. The number of rotatable bonds is 6. The van der Waals surface area contributed by atoms with E-state index in [4.69, 9.17) is 4.74 Å². The molecule has 1 amide bonds. The van der Waals surface area contributed by atoms with Crippen LogP contribution in [0.25, 0.3) is 0 Å². The van der Waals surface area contributed by atoms with Crippen LogP contribution in [-0.2, 0) is 11.2 Å². The molecule has 0 radical (unpaired) electrons. The molecule has 0 saturated heterocycles. The van der Waals surface area contributed by atoms with E-state index in [1.165, 1.54) is 26.2 Å². The molecule has 25 heavy (non-hydrogen) atoms. The lowest BCUT2D eigenvalue weighted by Crippen LogP contribution is -2.16. The first-order valence-corrected chi connectivity index (χ1v) is 7.55. The Kier molecular flexibility index (Phi) is 5.49. The summed E-state index contributed by atoms with van der Waals surface area (Å²) in [5.41, 5.74) is 1.74. The summed E-state index contributed by atoms with van der Waals surface area (Å²) < 4.78 is 5.22. The van der Waals surface area contributed by atoms with Crippen LogP contribution in [0.1, 0.15) is 28.4 Å². The van der Waals surface area contributed by atoms with Gasteiger partial charge < -0.3 is 10.1 Å². The predicted molar refractivity (Wildman–Crippen MR) is 93.2 cm³/mol. The van der Waals surface area contributed by atoms with Crippen molar-refractivity contribution in [2.45, 2.75) is 20.3 Å². The van der Waals surface area contributed by atoms with E-state index in [2.05, 4.69) is 5.32 Å². The van der Waals surface area contributed by atoms with Crippen LogP contribution >= 0.6 is 0 Å². The van der Waals surface area contributed by atoms with Crippen LogP contribution in [0.5, 0.6) is 5.75 Å². The zero-order valence-electron chi connectivity index (χ0n) is 14.2. The molecule has 0 unspecified atom stereocenters. The molecule has 0 heterocycles. The summed E-state index contributed by atoms with van der Waals surface area (Å²) >= 11 is 0. The fourth-order valence-corrected chi connectivity index (χ4v) is 2.46. The molecule has 0 atom stereocenters. The van der Waals surface area contributed by atoms with Crippen LogP contribution in [0, 0.1) is 17.0 Å². The van der Waals surface area contributed by atoms with E-state index < -0.39 is 4.92 Å². The molecule has 0 aliphatic carbocycles. The number of nitro benzene ring substituents is 1. The van der Waals surface area contributed by atoms with Gasteiger partial charge >= 0.3 is 0 Å². The SMILES string of the molecule is COc1ccc(C(C)=O)cc1CC(=O)Nc1cccc([N+](=O)[O-])c1C. The van der Waals surface area contributed by atoms with Gasteiger partial charge in [-0.3, -0.25) is 19.7 Å². The highest BCUT2D eigenvalue weighted by molar-refractivity contribution is 5.96. The molecule has 2 aromatic rings. The van der Waals surface area contributed by atoms with E-state index in [1.54, 1.807) is 31.2 Å². The Morgan fingerprint density at radius 2 is 1.96 bits per heavy atom. The third kappa shape index (κ3) is 4.20. The van der Waals surface area contributed by atoms with Gasteiger partial charge in [0.1, 0.15) is 5.75 Å². The maximum atomic E-state index is 12.3. The lowest BCUT2D eigenvalue weighted by molar-refractivity contribution is -0.385. The fourth-order valence-electron chi connectivity index (χ4n) is 2.46. The number of benzene rings is 2. The van der Waals surface area contributed by atoms with Gasteiger partial charge in [-0.25, -0.2) is 0 Å². The third-order valence-corrected chi connectivity index (χ3v) is 3.81. The number of carbonyl (C=O) groups is 2. The minimum Gasteiger partial charge on any atom is -0.496 e. The summed E-state index contributed by atoms with van der Waals surface area (Å²) in [4.78, 5) is 34.3. The Bertz CT molecular complexity index is 845. The number of nitrogens with one attached hydrogen (secondary N) is 1. The molecule has 7 nitrogen and oxygen atoms in total. The lowest BCUT2D eigenvalue weighted by atomic mass is 10.0. The van der Waals surface area contributed by atoms with Gasteiger partial charge in [0, 0.05) is 17.2 Å². The van der Waals surface area contributed by atoms with Gasteiger partial charge in [0.05, 0.1) is 29.7 Å². The number of ketones is 1. The number of Topliss-reactive ketones (excluding diaryl/α,β-unsaturated/α-hetero) is 1. The number of anilines is 1. The number of hydrogen-bond acceptors (Lipinski definition) is 5. The number of nitrogens with zero attached hydrogens (tertiary/aromatic N) is 1. The largest absolute Gasteiger partial charge is 0.496 e. The van der Waals surface area contributed by atoms with Gasteiger partial charge in [-0.15, -0.1) is 0 Å². The van der Waals surface area contributed by atoms with Crippen molar-refractivity contribution < 1.29 is 19.2 Å². The van der Waals surface area contributed by atoms with Crippen LogP contribution < -0.4 is 10.1 Å². The molecule has 2 rings (SSSR count). The Balaban J connectivity index is 2.24. The minimum atomic E-state index is -0.496. The van der Waals surface area contributed by atoms with E-state index in [9.17, 15) is 19.7 Å². The summed E-state index contributed by atoms with van der Waals surface area (Å²) in [5.74, 6) is 0.0253. The second-order valence-electron chi connectivity index (χ2n) is 5.51. The smallest absolute Gasteiger partial charge is 0.274 e.